The van der Waals surface area contributed by atoms with Gasteiger partial charge in [-0.05, 0) is 36.0 Å². The van der Waals surface area contributed by atoms with E-state index in [1.807, 2.05) is 19.9 Å². The van der Waals surface area contributed by atoms with Gasteiger partial charge in [-0.3, -0.25) is 14.1 Å². The molecular formula is C24H37ClN3NaO8S. The average Bonchev–Trinajstić information content (AvgIpc) is 3.18. The number of halogens is 1. The molecule has 1 heterocycles. The van der Waals surface area contributed by atoms with E-state index in [0.29, 0.717) is 18.0 Å². The predicted octanol–water partition coefficient (Wildman–Crippen LogP) is -0.908. The van der Waals surface area contributed by atoms with Crippen LogP contribution >= 0.6 is 11.6 Å². The SMILES string of the molecule is CC(C)(COC(=O)NC(C(=O)N[C@@H](CC1CCNC1=O)C(O)S(=O)(=O)O)C(C)(C)C)c1cccc(Cl)c1.[H-].[Na+]. The summed E-state index contributed by atoms with van der Waals surface area (Å²) in [4.78, 5) is 37.9. The van der Waals surface area contributed by atoms with Crippen molar-refractivity contribution in [3.63, 3.8) is 0 Å². The van der Waals surface area contributed by atoms with Gasteiger partial charge < -0.3 is 27.2 Å². The van der Waals surface area contributed by atoms with Crippen molar-refractivity contribution in [2.75, 3.05) is 13.2 Å². The number of ether oxygens (including phenoxy) is 1. The maximum atomic E-state index is 13.2. The minimum Gasteiger partial charge on any atom is -1.00 e. The maximum Gasteiger partial charge on any atom is 1.00 e. The molecule has 0 aromatic heterocycles. The van der Waals surface area contributed by atoms with E-state index in [-0.39, 0.29) is 49.9 Å². The number of nitrogens with one attached hydrogen (secondary N) is 3. The zero-order valence-corrected chi connectivity index (χ0v) is 26.1. The second-order valence-corrected chi connectivity index (χ2v) is 12.9. The third-order valence-electron chi connectivity index (χ3n) is 6.24. The molecule has 3 amide bonds. The molecule has 1 aromatic rings. The van der Waals surface area contributed by atoms with Gasteiger partial charge in [0, 0.05) is 22.9 Å². The predicted molar refractivity (Wildman–Crippen MR) is 139 cm³/mol. The first-order valence-corrected chi connectivity index (χ1v) is 13.7. The molecule has 0 bridgehead atoms. The van der Waals surface area contributed by atoms with Gasteiger partial charge in [0.05, 0.1) is 6.04 Å². The molecule has 4 atom stereocenters. The van der Waals surface area contributed by atoms with Gasteiger partial charge in [0.1, 0.15) is 12.6 Å². The number of amides is 3. The molecule has 5 N–H and O–H groups in total. The summed E-state index contributed by atoms with van der Waals surface area (Å²) in [6.07, 6.45) is -0.737. The fraction of sp³-hybridized carbons (Fsp3) is 0.625. The third kappa shape index (κ3) is 9.96. The zero-order chi connectivity index (χ0) is 28.2. The number of carbonyl (C=O) groups excluding carboxylic acids is 3. The third-order valence-corrected chi connectivity index (χ3v) is 7.41. The van der Waals surface area contributed by atoms with E-state index in [4.69, 9.17) is 16.3 Å². The summed E-state index contributed by atoms with van der Waals surface area (Å²) in [6, 6.07) is 4.42. The molecule has 1 saturated heterocycles. The quantitative estimate of drug-likeness (QED) is 0.173. The summed E-state index contributed by atoms with van der Waals surface area (Å²) in [6.45, 7) is 9.08. The standard InChI is InChI=1S/C24H36ClN3O8S.Na.H/c1-23(2,3)18(28-22(32)36-13-24(4,5)15-7-6-8-16(25)12-15)20(30)27-17(21(31)37(33,34)35)11-14-9-10-26-19(14)29;;/h6-8,12,14,17-18,21,31H,9-11,13H2,1-5H3,(H,26,29)(H,27,30)(H,28,32)(H,33,34,35);;/q;+1;-1/t14?,17-,18?,21?;;/m0../s1. The van der Waals surface area contributed by atoms with Crippen LogP contribution in [0, 0.1) is 11.3 Å². The Bertz CT molecular complexity index is 1120. The number of hydrogen-bond donors (Lipinski definition) is 5. The summed E-state index contributed by atoms with van der Waals surface area (Å²) >= 11 is 6.06. The minimum atomic E-state index is -4.96. The van der Waals surface area contributed by atoms with Crippen LogP contribution in [0.15, 0.2) is 24.3 Å². The first-order valence-electron chi connectivity index (χ1n) is 11.8. The molecule has 1 aliphatic heterocycles. The van der Waals surface area contributed by atoms with Crippen molar-refractivity contribution in [2.24, 2.45) is 11.3 Å². The number of benzene rings is 1. The number of aliphatic hydroxyl groups excluding tert-OH is 1. The van der Waals surface area contributed by atoms with Gasteiger partial charge in [0.25, 0.3) is 10.1 Å². The summed E-state index contributed by atoms with van der Waals surface area (Å²) in [7, 11) is -4.96. The Morgan fingerprint density at radius 2 is 1.87 bits per heavy atom. The summed E-state index contributed by atoms with van der Waals surface area (Å²) in [5.41, 5.74) is -2.97. The van der Waals surface area contributed by atoms with Crippen LogP contribution in [0.1, 0.15) is 54.5 Å². The van der Waals surface area contributed by atoms with Crippen LogP contribution in [0.5, 0.6) is 0 Å². The molecule has 210 valence electrons. The molecule has 0 saturated carbocycles. The van der Waals surface area contributed by atoms with Crippen molar-refractivity contribution in [1.82, 2.24) is 16.0 Å². The summed E-state index contributed by atoms with van der Waals surface area (Å²) < 4.78 is 38.0. The smallest absolute Gasteiger partial charge is 1.00 e. The van der Waals surface area contributed by atoms with Crippen LogP contribution in [0.2, 0.25) is 5.02 Å². The molecule has 11 nitrogen and oxygen atoms in total. The second-order valence-electron chi connectivity index (χ2n) is 10.9. The topological polar surface area (TPSA) is 171 Å². The van der Waals surface area contributed by atoms with Crippen molar-refractivity contribution in [1.29, 1.82) is 0 Å². The number of hydrogen-bond acceptors (Lipinski definition) is 7. The van der Waals surface area contributed by atoms with Crippen LogP contribution in [0.4, 0.5) is 4.79 Å². The van der Waals surface area contributed by atoms with Crippen molar-refractivity contribution in [3.8, 4) is 0 Å². The van der Waals surface area contributed by atoms with Gasteiger partial charge in [-0.2, -0.15) is 8.42 Å². The second kappa shape index (κ2) is 13.8. The van der Waals surface area contributed by atoms with Crippen LogP contribution in [0.25, 0.3) is 0 Å². The van der Waals surface area contributed by atoms with Crippen LogP contribution in [-0.2, 0) is 29.9 Å². The molecule has 1 fully saturated rings. The van der Waals surface area contributed by atoms with Crippen LogP contribution < -0.4 is 45.5 Å². The summed E-state index contributed by atoms with van der Waals surface area (Å²) in [5, 5.41) is 18.2. The minimum absolute atomic E-state index is 0. The van der Waals surface area contributed by atoms with E-state index in [0.717, 1.165) is 5.56 Å². The first-order chi connectivity index (χ1) is 16.9. The van der Waals surface area contributed by atoms with Crippen molar-refractivity contribution in [3.05, 3.63) is 34.9 Å². The van der Waals surface area contributed by atoms with Gasteiger partial charge >= 0.3 is 35.7 Å². The first kappa shape index (κ1) is 34.6. The Morgan fingerprint density at radius 1 is 1.24 bits per heavy atom. The Morgan fingerprint density at radius 3 is 2.37 bits per heavy atom. The molecule has 14 heteroatoms. The Hall–Kier alpha value is -1.41. The molecule has 2 rings (SSSR count). The Balaban J connectivity index is 0.00000722. The largest absolute Gasteiger partial charge is 1.00 e. The van der Waals surface area contributed by atoms with E-state index in [2.05, 4.69) is 16.0 Å². The zero-order valence-electron chi connectivity index (χ0n) is 23.6. The van der Waals surface area contributed by atoms with Crippen LogP contribution in [0.3, 0.4) is 0 Å². The fourth-order valence-electron chi connectivity index (χ4n) is 3.97. The van der Waals surface area contributed by atoms with E-state index >= 15 is 0 Å². The number of alkyl carbamates (subject to hydrolysis) is 1. The van der Waals surface area contributed by atoms with Gasteiger partial charge in [0.15, 0.2) is 0 Å². The monoisotopic (exact) mass is 585 g/mol. The number of rotatable bonds is 10. The van der Waals surface area contributed by atoms with Crippen molar-refractivity contribution in [2.45, 2.75) is 70.4 Å². The van der Waals surface area contributed by atoms with Crippen molar-refractivity contribution >= 4 is 39.6 Å². The van der Waals surface area contributed by atoms with E-state index in [1.165, 1.54) is 0 Å². The normalized spacial score (nSPS) is 18.4. The molecule has 0 aliphatic carbocycles. The molecular weight excluding hydrogens is 549 g/mol. The van der Waals surface area contributed by atoms with Gasteiger partial charge in [-0.1, -0.05) is 58.4 Å². The molecule has 1 aromatic carbocycles. The Kier molecular flexibility index (Phi) is 12.6. The summed E-state index contributed by atoms with van der Waals surface area (Å²) in [5.74, 6) is -1.83. The molecule has 0 spiro atoms. The van der Waals surface area contributed by atoms with Gasteiger partial charge in [0.2, 0.25) is 17.3 Å². The molecule has 0 radical (unpaired) electrons. The number of aliphatic hydroxyl groups is 1. The van der Waals surface area contributed by atoms with E-state index < -0.39 is 56.4 Å². The Labute approximate surface area is 252 Å². The molecule has 38 heavy (non-hydrogen) atoms. The van der Waals surface area contributed by atoms with Crippen LogP contribution in [-0.4, -0.2) is 66.7 Å². The molecule has 3 unspecified atom stereocenters. The van der Waals surface area contributed by atoms with E-state index in [1.54, 1.807) is 39.0 Å². The number of carbonyl (C=O) groups is 3. The van der Waals surface area contributed by atoms with Gasteiger partial charge in [-0.25, -0.2) is 4.79 Å². The fourth-order valence-corrected chi connectivity index (χ4v) is 4.75. The van der Waals surface area contributed by atoms with Crippen molar-refractivity contribution < 1.29 is 68.2 Å². The average molecular weight is 586 g/mol. The molecule has 1 aliphatic rings. The van der Waals surface area contributed by atoms with Gasteiger partial charge in [-0.15, -0.1) is 0 Å². The van der Waals surface area contributed by atoms with E-state index in [9.17, 15) is 32.5 Å². The maximum absolute atomic E-state index is 13.2.